The summed E-state index contributed by atoms with van der Waals surface area (Å²) in [4.78, 5) is 2.50. The van der Waals surface area contributed by atoms with Gasteiger partial charge in [0.1, 0.15) is 11.5 Å². The van der Waals surface area contributed by atoms with Gasteiger partial charge in [0, 0.05) is 13.1 Å². The Balaban J connectivity index is 1.64. The SMILES string of the molecule is NCC1CCCN(Cc2cccc(Oc3ccccc3)c2)C1. The van der Waals surface area contributed by atoms with E-state index in [1.807, 2.05) is 36.4 Å². The third kappa shape index (κ3) is 4.09. The van der Waals surface area contributed by atoms with Gasteiger partial charge in [-0.3, -0.25) is 4.90 Å². The summed E-state index contributed by atoms with van der Waals surface area (Å²) in [5, 5.41) is 0. The highest BCUT2D eigenvalue weighted by molar-refractivity contribution is 5.33. The fourth-order valence-electron chi connectivity index (χ4n) is 3.08. The van der Waals surface area contributed by atoms with Crippen molar-refractivity contribution in [2.24, 2.45) is 11.7 Å². The first-order valence-electron chi connectivity index (χ1n) is 8.08. The zero-order valence-corrected chi connectivity index (χ0v) is 12.9. The van der Waals surface area contributed by atoms with Crippen LogP contribution in [0.1, 0.15) is 18.4 Å². The molecule has 1 heterocycles. The van der Waals surface area contributed by atoms with Gasteiger partial charge in [-0.05, 0) is 61.7 Å². The molecule has 2 aromatic carbocycles. The first kappa shape index (κ1) is 15.1. The number of hydrogen-bond acceptors (Lipinski definition) is 3. The van der Waals surface area contributed by atoms with Gasteiger partial charge in [-0.2, -0.15) is 0 Å². The van der Waals surface area contributed by atoms with E-state index >= 15 is 0 Å². The minimum Gasteiger partial charge on any atom is -0.457 e. The molecule has 116 valence electrons. The van der Waals surface area contributed by atoms with E-state index < -0.39 is 0 Å². The van der Waals surface area contributed by atoms with Crippen molar-refractivity contribution in [3.8, 4) is 11.5 Å². The van der Waals surface area contributed by atoms with Gasteiger partial charge in [-0.15, -0.1) is 0 Å². The van der Waals surface area contributed by atoms with E-state index in [0.717, 1.165) is 31.1 Å². The number of nitrogens with two attached hydrogens (primary N) is 1. The minimum atomic E-state index is 0.650. The minimum absolute atomic E-state index is 0.650. The summed E-state index contributed by atoms with van der Waals surface area (Å²) >= 11 is 0. The highest BCUT2D eigenvalue weighted by atomic mass is 16.5. The number of nitrogens with zero attached hydrogens (tertiary/aromatic N) is 1. The maximum absolute atomic E-state index is 5.91. The molecule has 1 atom stereocenters. The Bertz CT molecular complexity index is 585. The van der Waals surface area contributed by atoms with Gasteiger partial charge in [0.25, 0.3) is 0 Å². The maximum Gasteiger partial charge on any atom is 0.127 e. The van der Waals surface area contributed by atoms with E-state index in [-0.39, 0.29) is 0 Å². The molecule has 1 aliphatic rings. The topological polar surface area (TPSA) is 38.5 Å². The third-order valence-corrected chi connectivity index (χ3v) is 4.22. The van der Waals surface area contributed by atoms with Crippen molar-refractivity contribution in [3.05, 3.63) is 60.2 Å². The molecule has 1 fully saturated rings. The van der Waals surface area contributed by atoms with Gasteiger partial charge in [0.05, 0.1) is 0 Å². The third-order valence-electron chi connectivity index (χ3n) is 4.22. The molecule has 0 aromatic heterocycles. The highest BCUT2D eigenvalue weighted by Gasteiger charge is 2.18. The van der Waals surface area contributed by atoms with Crippen LogP contribution in [0.2, 0.25) is 0 Å². The van der Waals surface area contributed by atoms with E-state index in [0.29, 0.717) is 5.92 Å². The summed E-state index contributed by atoms with van der Waals surface area (Å²) in [5.74, 6) is 2.43. The lowest BCUT2D eigenvalue weighted by Gasteiger charge is -2.32. The summed E-state index contributed by atoms with van der Waals surface area (Å²) in [5.41, 5.74) is 7.12. The van der Waals surface area contributed by atoms with Crippen molar-refractivity contribution in [2.75, 3.05) is 19.6 Å². The predicted molar refractivity (Wildman–Crippen MR) is 90.0 cm³/mol. The number of rotatable bonds is 5. The molecular formula is C19H24N2O. The van der Waals surface area contributed by atoms with Crippen molar-refractivity contribution in [3.63, 3.8) is 0 Å². The quantitative estimate of drug-likeness (QED) is 0.915. The molecule has 0 aliphatic carbocycles. The highest BCUT2D eigenvalue weighted by Crippen LogP contribution is 2.23. The van der Waals surface area contributed by atoms with Crippen molar-refractivity contribution in [1.82, 2.24) is 4.90 Å². The van der Waals surface area contributed by atoms with Gasteiger partial charge in [-0.25, -0.2) is 0 Å². The molecule has 0 spiro atoms. The lowest BCUT2D eigenvalue weighted by Crippen LogP contribution is -2.37. The number of hydrogen-bond donors (Lipinski definition) is 1. The second-order valence-corrected chi connectivity index (χ2v) is 6.04. The largest absolute Gasteiger partial charge is 0.457 e. The summed E-state index contributed by atoms with van der Waals surface area (Å²) < 4.78 is 5.91. The van der Waals surface area contributed by atoms with E-state index in [1.165, 1.54) is 24.9 Å². The molecule has 1 saturated heterocycles. The van der Waals surface area contributed by atoms with Crippen LogP contribution in [0.5, 0.6) is 11.5 Å². The van der Waals surface area contributed by atoms with E-state index in [4.69, 9.17) is 10.5 Å². The Hall–Kier alpha value is -1.84. The molecule has 1 unspecified atom stereocenters. The Morgan fingerprint density at radius 3 is 2.68 bits per heavy atom. The molecule has 3 nitrogen and oxygen atoms in total. The van der Waals surface area contributed by atoms with Crippen LogP contribution in [-0.4, -0.2) is 24.5 Å². The fraction of sp³-hybridized carbons (Fsp3) is 0.368. The van der Waals surface area contributed by atoms with Crippen LogP contribution in [0.15, 0.2) is 54.6 Å². The Morgan fingerprint density at radius 1 is 1.05 bits per heavy atom. The monoisotopic (exact) mass is 296 g/mol. The van der Waals surface area contributed by atoms with Crippen molar-refractivity contribution in [2.45, 2.75) is 19.4 Å². The average molecular weight is 296 g/mol. The Kier molecular flexibility index (Phi) is 5.09. The number of likely N-dealkylation sites (tertiary alicyclic amines) is 1. The van der Waals surface area contributed by atoms with Crippen molar-refractivity contribution < 1.29 is 4.74 Å². The Morgan fingerprint density at radius 2 is 1.86 bits per heavy atom. The zero-order chi connectivity index (χ0) is 15.2. The fourth-order valence-corrected chi connectivity index (χ4v) is 3.08. The molecule has 2 aromatic rings. The molecular weight excluding hydrogens is 272 g/mol. The molecule has 22 heavy (non-hydrogen) atoms. The summed E-state index contributed by atoms with van der Waals surface area (Å²) in [6.07, 6.45) is 2.52. The second kappa shape index (κ2) is 7.43. The first-order valence-corrected chi connectivity index (χ1v) is 8.08. The lowest BCUT2D eigenvalue weighted by molar-refractivity contribution is 0.171. The molecule has 0 amide bonds. The molecule has 0 saturated carbocycles. The van der Waals surface area contributed by atoms with Crippen LogP contribution in [0.3, 0.4) is 0 Å². The summed E-state index contributed by atoms with van der Waals surface area (Å²) in [6.45, 7) is 4.05. The van der Waals surface area contributed by atoms with Gasteiger partial charge in [-0.1, -0.05) is 30.3 Å². The van der Waals surface area contributed by atoms with E-state index in [9.17, 15) is 0 Å². The summed E-state index contributed by atoms with van der Waals surface area (Å²) in [6, 6.07) is 18.3. The smallest absolute Gasteiger partial charge is 0.127 e. The van der Waals surface area contributed by atoms with Crippen LogP contribution >= 0.6 is 0 Å². The normalized spacial score (nSPS) is 19.0. The molecule has 1 aliphatic heterocycles. The van der Waals surface area contributed by atoms with Crippen molar-refractivity contribution >= 4 is 0 Å². The van der Waals surface area contributed by atoms with Crippen molar-refractivity contribution in [1.29, 1.82) is 0 Å². The van der Waals surface area contributed by atoms with Gasteiger partial charge < -0.3 is 10.5 Å². The van der Waals surface area contributed by atoms with Crippen LogP contribution in [0, 0.1) is 5.92 Å². The molecule has 3 rings (SSSR count). The number of para-hydroxylation sites is 1. The molecule has 2 N–H and O–H groups in total. The van der Waals surface area contributed by atoms with Gasteiger partial charge in [0.15, 0.2) is 0 Å². The van der Waals surface area contributed by atoms with E-state index in [2.05, 4.69) is 23.1 Å². The standard InChI is InChI=1S/C19H24N2O/c20-13-17-7-5-11-21(15-17)14-16-6-4-10-19(12-16)22-18-8-2-1-3-9-18/h1-4,6,8-10,12,17H,5,7,11,13-15,20H2. The number of benzene rings is 2. The molecule has 0 bridgehead atoms. The Labute approximate surface area is 132 Å². The average Bonchev–Trinajstić information content (AvgIpc) is 2.56. The zero-order valence-electron chi connectivity index (χ0n) is 12.9. The lowest BCUT2D eigenvalue weighted by atomic mass is 9.98. The molecule has 3 heteroatoms. The first-order chi connectivity index (χ1) is 10.8. The number of piperidine rings is 1. The van der Waals surface area contributed by atoms with Crippen LogP contribution < -0.4 is 10.5 Å². The van der Waals surface area contributed by atoms with Crippen LogP contribution in [0.4, 0.5) is 0 Å². The number of ether oxygens (including phenoxy) is 1. The molecule has 0 radical (unpaired) electrons. The van der Waals surface area contributed by atoms with Gasteiger partial charge >= 0.3 is 0 Å². The van der Waals surface area contributed by atoms with Crippen LogP contribution in [0.25, 0.3) is 0 Å². The van der Waals surface area contributed by atoms with Crippen LogP contribution in [-0.2, 0) is 6.54 Å². The maximum atomic E-state index is 5.91. The second-order valence-electron chi connectivity index (χ2n) is 6.04. The van der Waals surface area contributed by atoms with Gasteiger partial charge in [0.2, 0.25) is 0 Å². The van der Waals surface area contributed by atoms with E-state index in [1.54, 1.807) is 0 Å². The summed E-state index contributed by atoms with van der Waals surface area (Å²) in [7, 11) is 0. The predicted octanol–water partition coefficient (Wildman–Crippen LogP) is 3.65.